The van der Waals surface area contributed by atoms with Crippen molar-refractivity contribution in [1.29, 1.82) is 0 Å². The van der Waals surface area contributed by atoms with Crippen LogP contribution in [0.2, 0.25) is 0 Å². The van der Waals surface area contributed by atoms with E-state index in [-0.39, 0.29) is 0 Å². The van der Waals surface area contributed by atoms with Crippen LogP contribution in [0.3, 0.4) is 0 Å². The summed E-state index contributed by atoms with van der Waals surface area (Å²) in [6.45, 7) is 8.94. The molecule has 78 valence electrons. The highest BCUT2D eigenvalue weighted by Crippen LogP contribution is 2.33. The SMILES string of the molecule is C1CC2CCC1O2.CCC(C)(C)C. The molecule has 2 aliphatic heterocycles. The molecule has 0 spiro atoms. The van der Waals surface area contributed by atoms with Crippen LogP contribution in [0.5, 0.6) is 0 Å². The summed E-state index contributed by atoms with van der Waals surface area (Å²) in [4.78, 5) is 0. The first-order valence-corrected chi connectivity index (χ1v) is 5.67. The van der Waals surface area contributed by atoms with Crippen LogP contribution in [0.4, 0.5) is 0 Å². The molecule has 0 atom stereocenters. The Balaban J connectivity index is 0.000000133. The lowest BCUT2D eigenvalue weighted by Crippen LogP contribution is -2.00. The minimum absolute atomic E-state index is 0.542. The first-order chi connectivity index (χ1) is 6.01. The van der Waals surface area contributed by atoms with Crippen LogP contribution in [-0.4, -0.2) is 12.2 Å². The highest BCUT2D eigenvalue weighted by atomic mass is 16.5. The third-order valence-corrected chi connectivity index (χ3v) is 3.07. The Morgan fingerprint density at radius 1 is 1.00 bits per heavy atom. The fourth-order valence-corrected chi connectivity index (χ4v) is 1.58. The molecule has 13 heavy (non-hydrogen) atoms. The first-order valence-electron chi connectivity index (χ1n) is 5.67. The molecule has 2 bridgehead atoms. The number of rotatable bonds is 0. The maximum absolute atomic E-state index is 5.47. The molecule has 1 heteroatoms. The largest absolute Gasteiger partial charge is 0.375 e. The van der Waals surface area contributed by atoms with E-state index in [2.05, 4.69) is 27.7 Å². The van der Waals surface area contributed by atoms with Gasteiger partial charge in [0.15, 0.2) is 0 Å². The lowest BCUT2D eigenvalue weighted by atomic mass is 9.94. The molecule has 0 aliphatic carbocycles. The van der Waals surface area contributed by atoms with Crippen molar-refractivity contribution in [3.63, 3.8) is 0 Å². The van der Waals surface area contributed by atoms with Gasteiger partial charge in [0.05, 0.1) is 12.2 Å². The van der Waals surface area contributed by atoms with Crippen LogP contribution in [0, 0.1) is 5.41 Å². The third-order valence-electron chi connectivity index (χ3n) is 3.07. The highest BCUT2D eigenvalue weighted by Gasteiger charge is 2.31. The van der Waals surface area contributed by atoms with Crippen molar-refractivity contribution in [2.45, 2.75) is 72.0 Å². The van der Waals surface area contributed by atoms with E-state index in [4.69, 9.17) is 4.74 Å². The first kappa shape index (κ1) is 11.0. The average molecular weight is 184 g/mol. The summed E-state index contributed by atoms with van der Waals surface area (Å²) < 4.78 is 5.47. The van der Waals surface area contributed by atoms with E-state index in [1.54, 1.807) is 0 Å². The Morgan fingerprint density at radius 3 is 1.38 bits per heavy atom. The van der Waals surface area contributed by atoms with Crippen molar-refractivity contribution >= 4 is 0 Å². The van der Waals surface area contributed by atoms with Crippen LogP contribution in [0.1, 0.15) is 59.8 Å². The van der Waals surface area contributed by atoms with Crippen LogP contribution in [0.15, 0.2) is 0 Å². The molecule has 0 amide bonds. The van der Waals surface area contributed by atoms with Gasteiger partial charge in [0.2, 0.25) is 0 Å². The monoisotopic (exact) mass is 184 g/mol. The van der Waals surface area contributed by atoms with Gasteiger partial charge in [-0.05, 0) is 31.1 Å². The Kier molecular flexibility index (Phi) is 3.78. The lowest BCUT2D eigenvalue weighted by Gasteiger charge is -2.12. The summed E-state index contributed by atoms with van der Waals surface area (Å²) >= 11 is 0. The molecule has 0 saturated carbocycles. The number of ether oxygens (including phenoxy) is 1. The van der Waals surface area contributed by atoms with E-state index in [0.29, 0.717) is 17.6 Å². The maximum atomic E-state index is 5.47. The topological polar surface area (TPSA) is 9.23 Å². The minimum Gasteiger partial charge on any atom is -0.375 e. The van der Waals surface area contributed by atoms with E-state index >= 15 is 0 Å². The Hall–Kier alpha value is -0.0400. The molecular weight excluding hydrogens is 160 g/mol. The van der Waals surface area contributed by atoms with Gasteiger partial charge in [-0.15, -0.1) is 0 Å². The third kappa shape index (κ3) is 4.12. The molecular formula is C12H24O. The van der Waals surface area contributed by atoms with E-state index in [1.807, 2.05) is 0 Å². The standard InChI is InChI=1S/C6H10O.C6H14/c1-2-6-4-3-5(1)7-6;1-5-6(2,3)4/h5-6H,1-4H2;5H2,1-4H3. The minimum atomic E-state index is 0.542. The summed E-state index contributed by atoms with van der Waals surface area (Å²) in [6, 6.07) is 0. The molecule has 2 fully saturated rings. The van der Waals surface area contributed by atoms with Crippen molar-refractivity contribution in [1.82, 2.24) is 0 Å². The van der Waals surface area contributed by atoms with Gasteiger partial charge in [-0.3, -0.25) is 0 Å². The molecule has 2 saturated heterocycles. The molecule has 1 nitrogen and oxygen atoms in total. The lowest BCUT2D eigenvalue weighted by molar-refractivity contribution is 0.105. The molecule has 0 N–H and O–H groups in total. The van der Waals surface area contributed by atoms with Gasteiger partial charge < -0.3 is 4.74 Å². The Bertz CT molecular complexity index is 128. The molecule has 0 aromatic heterocycles. The Labute approximate surface area is 82.9 Å². The predicted molar refractivity (Wildman–Crippen MR) is 56.9 cm³/mol. The summed E-state index contributed by atoms with van der Waals surface area (Å²) in [5, 5.41) is 0. The van der Waals surface area contributed by atoms with Crippen molar-refractivity contribution in [3.05, 3.63) is 0 Å². The molecule has 0 aromatic carbocycles. The summed E-state index contributed by atoms with van der Waals surface area (Å²) in [5.41, 5.74) is 0.542. The highest BCUT2D eigenvalue weighted by molar-refractivity contribution is 4.81. The molecule has 0 unspecified atom stereocenters. The Morgan fingerprint density at radius 2 is 1.31 bits per heavy atom. The van der Waals surface area contributed by atoms with Gasteiger partial charge >= 0.3 is 0 Å². The van der Waals surface area contributed by atoms with Gasteiger partial charge in [0.25, 0.3) is 0 Å². The van der Waals surface area contributed by atoms with E-state index in [9.17, 15) is 0 Å². The number of hydrogen-bond donors (Lipinski definition) is 0. The quantitative estimate of drug-likeness (QED) is 0.557. The number of hydrogen-bond acceptors (Lipinski definition) is 1. The van der Waals surface area contributed by atoms with Gasteiger partial charge in [-0.25, -0.2) is 0 Å². The van der Waals surface area contributed by atoms with E-state index < -0.39 is 0 Å². The molecule has 0 aromatic rings. The smallest absolute Gasteiger partial charge is 0.0580 e. The zero-order valence-corrected chi connectivity index (χ0v) is 9.60. The van der Waals surface area contributed by atoms with E-state index in [1.165, 1.54) is 32.1 Å². The van der Waals surface area contributed by atoms with Crippen LogP contribution in [0.25, 0.3) is 0 Å². The molecule has 0 radical (unpaired) electrons. The van der Waals surface area contributed by atoms with Crippen molar-refractivity contribution in [2.24, 2.45) is 5.41 Å². The average Bonchev–Trinajstić information content (AvgIpc) is 2.66. The van der Waals surface area contributed by atoms with Crippen molar-refractivity contribution < 1.29 is 4.74 Å². The summed E-state index contributed by atoms with van der Waals surface area (Å²) in [5.74, 6) is 0. The van der Waals surface area contributed by atoms with Gasteiger partial charge in [-0.2, -0.15) is 0 Å². The van der Waals surface area contributed by atoms with Gasteiger partial charge in [0, 0.05) is 0 Å². The van der Waals surface area contributed by atoms with Gasteiger partial charge in [-0.1, -0.05) is 34.1 Å². The number of fused-ring (bicyclic) bond motifs is 2. The second-order valence-corrected chi connectivity index (χ2v) is 5.45. The van der Waals surface area contributed by atoms with Crippen LogP contribution < -0.4 is 0 Å². The fraction of sp³-hybridized carbons (Fsp3) is 1.00. The molecule has 2 heterocycles. The summed E-state index contributed by atoms with van der Waals surface area (Å²) in [6.07, 6.45) is 7.97. The van der Waals surface area contributed by atoms with Crippen molar-refractivity contribution in [2.75, 3.05) is 0 Å². The molecule has 2 rings (SSSR count). The van der Waals surface area contributed by atoms with Gasteiger partial charge in [0.1, 0.15) is 0 Å². The second-order valence-electron chi connectivity index (χ2n) is 5.45. The summed E-state index contributed by atoms with van der Waals surface area (Å²) in [7, 11) is 0. The second kappa shape index (κ2) is 4.45. The fourth-order valence-electron chi connectivity index (χ4n) is 1.58. The predicted octanol–water partition coefficient (Wildman–Crippen LogP) is 3.77. The van der Waals surface area contributed by atoms with Crippen molar-refractivity contribution in [3.8, 4) is 0 Å². The van der Waals surface area contributed by atoms with Crippen LogP contribution >= 0.6 is 0 Å². The maximum Gasteiger partial charge on any atom is 0.0580 e. The zero-order valence-electron chi connectivity index (χ0n) is 9.60. The zero-order chi connectivity index (χ0) is 9.90. The normalized spacial score (nSPS) is 31.4. The van der Waals surface area contributed by atoms with Crippen LogP contribution in [-0.2, 0) is 4.74 Å². The van der Waals surface area contributed by atoms with E-state index in [0.717, 1.165) is 0 Å². The molecule has 2 aliphatic rings.